The van der Waals surface area contributed by atoms with Crippen LogP contribution in [-0.4, -0.2) is 57.8 Å². The number of nitrogens with one attached hydrogen (secondary N) is 1. The second kappa shape index (κ2) is 9.53. The monoisotopic (exact) mass is 367 g/mol. The summed E-state index contributed by atoms with van der Waals surface area (Å²) in [6.45, 7) is 4.00. The molecule has 144 valence electrons. The molecule has 1 amide bonds. The van der Waals surface area contributed by atoms with Crippen LogP contribution in [0.2, 0.25) is 0 Å². The van der Waals surface area contributed by atoms with E-state index in [2.05, 4.69) is 39.4 Å². The third-order valence-electron chi connectivity index (χ3n) is 4.98. The zero-order valence-electron chi connectivity index (χ0n) is 16.2. The van der Waals surface area contributed by atoms with Gasteiger partial charge in [-0.2, -0.15) is 0 Å². The van der Waals surface area contributed by atoms with E-state index >= 15 is 0 Å². The summed E-state index contributed by atoms with van der Waals surface area (Å²) in [7, 11) is 4.07. The largest absolute Gasteiger partial charge is 0.378 e. The van der Waals surface area contributed by atoms with Crippen molar-refractivity contribution in [2.24, 2.45) is 0 Å². The van der Waals surface area contributed by atoms with Gasteiger partial charge in [-0.3, -0.25) is 4.79 Å². The van der Waals surface area contributed by atoms with Crippen LogP contribution in [0.25, 0.3) is 0 Å². The normalized spacial score (nSPS) is 15.6. The van der Waals surface area contributed by atoms with E-state index in [1.54, 1.807) is 0 Å². The molecule has 0 aromatic heterocycles. The molecular weight excluding hydrogens is 338 g/mol. The maximum Gasteiger partial charge on any atom is 0.224 e. The van der Waals surface area contributed by atoms with E-state index in [1.165, 1.54) is 11.3 Å². The fourth-order valence-corrected chi connectivity index (χ4v) is 3.38. The Morgan fingerprint density at radius 1 is 1.07 bits per heavy atom. The van der Waals surface area contributed by atoms with Crippen molar-refractivity contribution in [3.8, 4) is 0 Å². The predicted molar refractivity (Wildman–Crippen MR) is 109 cm³/mol. The van der Waals surface area contributed by atoms with Crippen molar-refractivity contribution in [1.29, 1.82) is 0 Å². The van der Waals surface area contributed by atoms with E-state index in [0.717, 1.165) is 31.9 Å². The van der Waals surface area contributed by atoms with E-state index < -0.39 is 0 Å². The molecule has 0 spiro atoms. The van der Waals surface area contributed by atoms with Crippen molar-refractivity contribution in [1.82, 2.24) is 10.2 Å². The fraction of sp³-hybridized carbons (Fsp3) is 0.409. The first kappa shape index (κ1) is 19.4. The molecule has 0 aliphatic carbocycles. The second-order valence-electron chi connectivity index (χ2n) is 7.14. The summed E-state index contributed by atoms with van der Waals surface area (Å²) in [5.41, 5.74) is 3.43. The van der Waals surface area contributed by atoms with Crippen molar-refractivity contribution >= 4 is 11.6 Å². The van der Waals surface area contributed by atoms with Crippen LogP contribution in [-0.2, 0) is 16.0 Å². The maximum atomic E-state index is 12.4. The number of benzene rings is 2. The van der Waals surface area contributed by atoms with Crippen molar-refractivity contribution in [2.45, 2.75) is 12.5 Å². The van der Waals surface area contributed by atoms with Crippen LogP contribution in [0.3, 0.4) is 0 Å². The van der Waals surface area contributed by atoms with Crippen molar-refractivity contribution < 1.29 is 9.53 Å². The number of morpholine rings is 1. The van der Waals surface area contributed by atoms with E-state index in [1.807, 2.05) is 44.4 Å². The van der Waals surface area contributed by atoms with Crippen molar-refractivity contribution in [3.05, 3.63) is 65.7 Å². The number of carbonyl (C=O) groups is 1. The third kappa shape index (κ3) is 5.55. The van der Waals surface area contributed by atoms with Crippen molar-refractivity contribution in [3.63, 3.8) is 0 Å². The molecule has 5 nitrogen and oxygen atoms in total. The molecular formula is C22H29N3O2. The Balaban J connectivity index is 1.52. The average molecular weight is 367 g/mol. The van der Waals surface area contributed by atoms with Gasteiger partial charge in [0.1, 0.15) is 0 Å². The number of nitrogens with zero attached hydrogens (tertiary/aromatic N) is 2. The summed E-state index contributed by atoms with van der Waals surface area (Å²) in [5, 5.41) is 3.08. The molecule has 1 aliphatic rings. The Morgan fingerprint density at radius 2 is 1.74 bits per heavy atom. The highest BCUT2D eigenvalue weighted by molar-refractivity contribution is 5.78. The summed E-state index contributed by atoms with van der Waals surface area (Å²) >= 11 is 0. The minimum Gasteiger partial charge on any atom is -0.378 e. The molecule has 0 radical (unpaired) electrons. The van der Waals surface area contributed by atoms with Crippen LogP contribution in [0.4, 0.5) is 5.69 Å². The Labute approximate surface area is 161 Å². The molecule has 27 heavy (non-hydrogen) atoms. The Hall–Kier alpha value is -2.37. The first-order valence-electron chi connectivity index (χ1n) is 9.53. The van der Waals surface area contributed by atoms with Gasteiger partial charge in [0.15, 0.2) is 0 Å². The molecule has 5 heteroatoms. The topological polar surface area (TPSA) is 44.8 Å². The molecule has 3 rings (SSSR count). The molecule has 1 atom stereocenters. The third-order valence-corrected chi connectivity index (χ3v) is 4.98. The van der Waals surface area contributed by atoms with Crippen LogP contribution < -0.4 is 10.2 Å². The van der Waals surface area contributed by atoms with Gasteiger partial charge in [0.05, 0.1) is 25.7 Å². The fourth-order valence-electron chi connectivity index (χ4n) is 3.38. The van der Waals surface area contributed by atoms with Gasteiger partial charge >= 0.3 is 0 Å². The van der Waals surface area contributed by atoms with Gasteiger partial charge in [-0.05, 0) is 37.4 Å². The first-order valence-corrected chi connectivity index (χ1v) is 9.53. The average Bonchev–Trinajstić information content (AvgIpc) is 2.70. The van der Waals surface area contributed by atoms with Gasteiger partial charge in [0, 0.05) is 25.3 Å². The van der Waals surface area contributed by atoms with Crippen LogP contribution >= 0.6 is 0 Å². The minimum absolute atomic E-state index is 0.0527. The molecule has 1 N–H and O–H groups in total. The number of hydrogen-bond acceptors (Lipinski definition) is 4. The number of carbonyl (C=O) groups excluding carboxylic acids is 1. The summed E-state index contributed by atoms with van der Waals surface area (Å²) in [5.74, 6) is 0.0527. The number of amides is 1. The lowest BCUT2D eigenvalue weighted by Crippen LogP contribution is -2.36. The zero-order valence-corrected chi connectivity index (χ0v) is 16.2. The minimum atomic E-state index is 0.0527. The van der Waals surface area contributed by atoms with Gasteiger partial charge < -0.3 is 19.9 Å². The number of rotatable bonds is 7. The van der Waals surface area contributed by atoms with E-state index in [4.69, 9.17) is 4.74 Å². The molecule has 1 aliphatic heterocycles. The number of anilines is 1. The Kier molecular flexibility index (Phi) is 6.85. The molecule has 0 saturated carbocycles. The number of hydrogen-bond donors (Lipinski definition) is 1. The van der Waals surface area contributed by atoms with Gasteiger partial charge in [-0.15, -0.1) is 0 Å². The molecule has 2 aromatic rings. The van der Waals surface area contributed by atoms with E-state index in [-0.39, 0.29) is 11.9 Å². The highest BCUT2D eigenvalue weighted by Gasteiger charge is 2.15. The van der Waals surface area contributed by atoms with Crippen LogP contribution in [0, 0.1) is 0 Å². The predicted octanol–water partition coefficient (Wildman–Crippen LogP) is 2.48. The number of likely N-dealkylation sites (N-methyl/N-ethyl adjacent to an activating group) is 1. The van der Waals surface area contributed by atoms with Crippen LogP contribution in [0.1, 0.15) is 17.2 Å². The highest BCUT2D eigenvalue weighted by atomic mass is 16.5. The molecule has 1 unspecified atom stereocenters. The molecule has 0 bridgehead atoms. The summed E-state index contributed by atoms with van der Waals surface area (Å²) in [6.07, 6.45) is 0.401. The smallest absolute Gasteiger partial charge is 0.224 e. The molecule has 1 saturated heterocycles. The lowest BCUT2D eigenvalue weighted by Gasteiger charge is -2.29. The number of ether oxygens (including phenoxy) is 1. The van der Waals surface area contributed by atoms with Gasteiger partial charge in [0.25, 0.3) is 0 Å². The molecule has 1 heterocycles. The zero-order chi connectivity index (χ0) is 19.1. The van der Waals surface area contributed by atoms with Gasteiger partial charge in [0.2, 0.25) is 5.91 Å². The first-order chi connectivity index (χ1) is 13.1. The highest BCUT2D eigenvalue weighted by Crippen LogP contribution is 2.18. The Morgan fingerprint density at radius 3 is 2.37 bits per heavy atom. The van der Waals surface area contributed by atoms with Gasteiger partial charge in [-0.25, -0.2) is 0 Å². The van der Waals surface area contributed by atoms with Gasteiger partial charge in [-0.1, -0.05) is 42.5 Å². The quantitative estimate of drug-likeness (QED) is 0.817. The van der Waals surface area contributed by atoms with Crippen LogP contribution in [0.15, 0.2) is 54.6 Å². The summed E-state index contributed by atoms with van der Waals surface area (Å²) < 4.78 is 5.39. The van der Waals surface area contributed by atoms with Crippen molar-refractivity contribution in [2.75, 3.05) is 51.8 Å². The van der Waals surface area contributed by atoms with Crippen LogP contribution in [0.5, 0.6) is 0 Å². The molecule has 2 aromatic carbocycles. The summed E-state index contributed by atoms with van der Waals surface area (Å²) in [6, 6.07) is 18.7. The standard InChI is InChI=1S/C22H29N3O2/c1-24(2)21(19-6-4-3-5-7-19)17-23-22(26)16-18-8-10-20(11-9-18)25-12-14-27-15-13-25/h3-11,21H,12-17H2,1-2H3,(H,23,26). The van der Waals surface area contributed by atoms with E-state index in [9.17, 15) is 4.79 Å². The lowest BCUT2D eigenvalue weighted by atomic mass is 10.1. The molecule has 1 fully saturated rings. The Bertz CT molecular complexity index is 710. The SMILES string of the molecule is CN(C)C(CNC(=O)Cc1ccc(N2CCOCC2)cc1)c1ccccc1. The van der Waals surface area contributed by atoms with E-state index in [0.29, 0.717) is 13.0 Å². The lowest BCUT2D eigenvalue weighted by molar-refractivity contribution is -0.120. The maximum absolute atomic E-state index is 12.4. The second-order valence-corrected chi connectivity index (χ2v) is 7.14. The summed E-state index contributed by atoms with van der Waals surface area (Å²) in [4.78, 5) is 16.8.